The summed E-state index contributed by atoms with van der Waals surface area (Å²) in [6.07, 6.45) is 3.17. The van der Waals surface area contributed by atoms with Gasteiger partial charge in [-0.25, -0.2) is 4.98 Å². The summed E-state index contributed by atoms with van der Waals surface area (Å²) in [5.74, 6) is 0. The molecule has 0 radical (unpaired) electrons. The summed E-state index contributed by atoms with van der Waals surface area (Å²) in [5.41, 5.74) is 9.19. The van der Waals surface area contributed by atoms with E-state index < -0.39 is 0 Å². The molecule has 0 bridgehead atoms. The van der Waals surface area contributed by atoms with Crippen molar-refractivity contribution >= 4 is 17.0 Å². The number of rotatable bonds is 7. The van der Waals surface area contributed by atoms with E-state index in [0.29, 0.717) is 0 Å². The first-order chi connectivity index (χ1) is 9.25. The zero-order valence-electron chi connectivity index (χ0n) is 11.4. The molecular weight excluding hydrogens is 254 g/mol. The number of nitrogens with two attached hydrogens (primary N) is 1. The molecule has 3 N–H and O–H groups in total. The fraction of sp³-hybridized carbons (Fsp3) is 0.400. The van der Waals surface area contributed by atoms with Gasteiger partial charge in [-0.3, -0.25) is 0 Å². The van der Waals surface area contributed by atoms with Crippen LogP contribution in [0.5, 0.6) is 0 Å². The Morgan fingerprint density at radius 1 is 1.21 bits per heavy atom. The van der Waals surface area contributed by atoms with Gasteiger partial charge in [0.1, 0.15) is 0 Å². The Balaban J connectivity index is 1.59. The Labute approximate surface area is 118 Å². The SMILES string of the molecule is Cc1csc(CCNCCCc2ccccc2N)n1. The summed E-state index contributed by atoms with van der Waals surface area (Å²) < 4.78 is 0. The molecular formula is C15H21N3S. The topological polar surface area (TPSA) is 50.9 Å². The highest BCUT2D eigenvalue weighted by Crippen LogP contribution is 2.12. The molecule has 0 amide bonds. The number of nitrogen functional groups attached to an aromatic ring is 1. The molecule has 3 nitrogen and oxygen atoms in total. The molecule has 102 valence electrons. The maximum absolute atomic E-state index is 5.91. The van der Waals surface area contributed by atoms with Gasteiger partial charge in [-0.1, -0.05) is 18.2 Å². The lowest BCUT2D eigenvalue weighted by Gasteiger charge is -2.06. The van der Waals surface area contributed by atoms with Crippen LogP contribution in [0.1, 0.15) is 22.7 Å². The first-order valence-corrected chi connectivity index (χ1v) is 7.59. The Bertz CT molecular complexity index is 508. The molecule has 0 aliphatic rings. The number of anilines is 1. The fourth-order valence-electron chi connectivity index (χ4n) is 2.00. The lowest BCUT2D eigenvalue weighted by molar-refractivity contribution is 0.647. The van der Waals surface area contributed by atoms with E-state index >= 15 is 0 Å². The van der Waals surface area contributed by atoms with Crippen LogP contribution in [-0.4, -0.2) is 18.1 Å². The average Bonchev–Trinajstić information content (AvgIpc) is 2.81. The van der Waals surface area contributed by atoms with Crippen molar-refractivity contribution in [2.24, 2.45) is 0 Å². The van der Waals surface area contributed by atoms with Crippen LogP contribution in [0.2, 0.25) is 0 Å². The van der Waals surface area contributed by atoms with E-state index in [1.165, 1.54) is 10.6 Å². The molecule has 0 unspecified atom stereocenters. The van der Waals surface area contributed by atoms with E-state index in [-0.39, 0.29) is 0 Å². The van der Waals surface area contributed by atoms with Gasteiger partial charge in [0, 0.05) is 29.7 Å². The van der Waals surface area contributed by atoms with Gasteiger partial charge in [0.2, 0.25) is 0 Å². The van der Waals surface area contributed by atoms with Crippen LogP contribution in [0.15, 0.2) is 29.6 Å². The molecule has 4 heteroatoms. The van der Waals surface area contributed by atoms with Crippen molar-refractivity contribution in [2.45, 2.75) is 26.2 Å². The number of thiazole rings is 1. The van der Waals surface area contributed by atoms with Gasteiger partial charge in [0.05, 0.1) is 5.01 Å². The van der Waals surface area contributed by atoms with Gasteiger partial charge in [-0.15, -0.1) is 11.3 Å². The van der Waals surface area contributed by atoms with E-state index in [1.807, 2.05) is 25.1 Å². The largest absolute Gasteiger partial charge is 0.399 e. The smallest absolute Gasteiger partial charge is 0.0940 e. The molecule has 1 aromatic carbocycles. The third kappa shape index (κ3) is 4.65. The van der Waals surface area contributed by atoms with Crippen molar-refractivity contribution in [3.05, 3.63) is 45.9 Å². The average molecular weight is 275 g/mol. The molecule has 0 saturated heterocycles. The lowest BCUT2D eigenvalue weighted by atomic mass is 10.1. The van der Waals surface area contributed by atoms with Crippen LogP contribution in [0.4, 0.5) is 5.69 Å². The van der Waals surface area contributed by atoms with Crippen molar-refractivity contribution in [1.29, 1.82) is 0 Å². The van der Waals surface area contributed by atoms with Gasteiger partial charge < -0.3 is 11.1 Å². The minimum Gasteiger partial charge on any atom is -0.399 e. The maximum atomic E-state index is 5.91. The molecule has 19 heavy (non-hydrogen) atoms. The fourth-order valence-corrected chi connectivity index (χ4v) is 2.78. The van der Waals surface area contributed by atoms with Gasteiger partial charge in [0.25, 0.3) is 0 Å². The van der Waals surface area contributed by atoms with Crippen LogP contribution in [0, 0.1) is 6.92 Å². The Kier molecular flexibility index (Phi) is 5.36. The Hall–Kier alpha value is -1.39. The van der Waals surface area contributed by atoms with Crippen molar-refractivity contribution in [2.75, 3.05) is 18.8 Å². The molecule has 1 aromatic heterocycles. The van der Waals surface area contributed by atoms with E-state index in [1.54, 1.807) is 11.3 Å². The highest BCUT2D eigenvalue weighted by molar-refractivity contribution is 7.09. The highest BCUT2D eigenvalue weighted by atomic mass is 32.1. The summed E-state index contributed by atoms with van der Waals surface area (Å²) in [6, 6.07) is 8.10. The number of aryl methyl sites for hydroxylation is 2. The van der Waals surface area contributed by atoms with Gasteiger partial charge in [-0.05, 0) is 37.9 Å². The molecule has 2 rings (SSSR count). The van der Waals surface area contributed by atoms with Crippen LogP contribution in [0.25, 0.3) is 0 Å². The van der Waals surface area contributed by atoms with E-state index in [0.717, 1.165) is 43.7 Å². The first-order valence-electron chi connectivity index (χ1n) is 6.71. The first kappa shape index (κ1) is 14.0. The van der Waals surface area contributed by atoms with Crippen molar-refractivity contribution < 1.29 is 0 Å². The zero-order chi connectivity index (χ0) is 13.5. The second-order valence-electron chi connectivity index (χ2n) is 4.68. The molecule has 0 aliphatic heterocycles. The lowest BCUT2D eigenvalue weighted by Crippen LogP contribution is -2.19. The summed E-state index contributed by atoms with van der Waals surface area (Å²) in [6.45, 7) is 4.06. The molecule has 0 aliphatic carbocycles. The standard InChI is InChI=1S/C15H21N3S/c1-12-11-19-15(18-12)8-10-17-9-4-6-13-5-2-3-7-14(13)16/h2-3,5,7,11,17H,4,6,8-10,16H2,1H3. The van der Waals surface area contributed by atoms with Gasteiger partial charge in [0.15, 0.2) is 0 Å². The molecule has 0 fully saturated rings. The van der Waals surface area contributed by atoms with E-state index in [2.05, 4.69) is 21.7 Å². The molecule has 2 aromatic rings. The predicted molar refractivity (Wildman–Crippen MR) is 82.6 cm³/mol. The maximum Gasteiger partial charge on any atom is 0.0940 e. The number of benzene rings is 1. The Morgan fingerprint density at radius 2 is 2.05 bits per heavy atom. The van der Waals surface area contributed by atoms with Gasteiger partial charge in [-0.2, -0.15) is 0 Å². The summed E-state index contributed by atoms with van der Waals surface area (Å²) >= 11 is 1.74. The Morgan fingerprint density at radius 3 is 2.79 bits per heavy atom. The number of hydrogen-bond donors (Lipinski definition) is 2. The molecule has 0 spiro atoms. The van der Waals surface area contributed by atoms with Crippen LogP contribution in [0.3, 0.4) is 0 Å². The van der Waals surface area contributed by atoms with Crippen LogP contribution in [-0.2, 0) is 12.8 Å². The predicted octanol–water partition coefficient (Wildman–Crippen LogP) is 2.80. The zero-order valence-corrected chi connectivity index (χ0v) is 12.2. The molecule has 1 heterocycles. The number of aromatic nitrogens is 1. The number of nitrogens with zero attached hydrogens (tertiary/aromatic N) is 1. The van der Waals surface area contributed by atoms with E-state index in [4.69, 9.17) is 5.73 Å². The second kappa shape index (κ2) is 7.26. The van der Waals surface area contributed by atoms with E-state index in [9.17, 15) is 0 Å². The second-order valence-corrected chi connectivity index (χ2v) is 5.63. The normalized spacial score (nSPS) is 10.8. The van der Waals surface area contributed by atoms with Crippen molar-refractivity contribution in [3.8, 4) is 0 Å². The quantitative estimate of drug-likeness (QED) is 0.603. The van der Waals surface area contributed by atoms with Crippen LogP contribution < -0.4 is 11.1 Å². The number of hydrogen-bond acceptors (Lipinski definition) is 4. The monoisotopic (exact) mass is 275 g/mol. The van der Waals surface area contributed by atoms with Crippen molar-refractivity contribution in [3.63, 3.8) is 0 Å². The van der Waals surface area contributed by atoms with Crippen molar-refractivity contribution in [1.82, 2.24) is 10.3 Å². The summed E-state index contributed by atoms with van der Waals surface area (Å²) in [7, 11) is 0. The summed E-state index contributed by atoms with van der Waals surface area (Å²) in [5, 5.41) is 6.78. The number of nitrogens with one attached hydrogen (secondary N) is 1. The van der Waals surface area contributed by atoms with Crippen LogP contribution >= 0.6 is 11.3 Å². The third-order valence-corrected chi connectivity index (χ3v) is 4.06. The molecule has 0 atom stereocenters. The minimum atomic E-state index is 0.903. The highest BCUT2D eigenvalue weighted by Gasteiger charge is 1.99. The third-order valence-electron chi connectivity index (χ3n) is 3.04. The molecule has 0 saturated carbocycles. The number of para-hydroxylation sites is 1. The summed E-state index contributed by atoms with van der Waals surface area (Å²) in [4.78, 5) is 4.45. The minimum absolute atomic E-state index is 0.903. The van der Waals surface area contributed by atoms with Gasteiger partial charge >= 0.3 is 0 Å².